The zero-order valence-electron chi connectivity index (χ0n) is 16.6. The maximum atomic E-state index is 12.2. The quantitative estimate of drug-likeness (QED) is 0.814. The highest BCUT2D eigenvalue weighted by molar-refractivity contribution is 5.68. The highest BCUT2D eigenvalue weighted by atomic mass is 16.5. The van der Waals surface area contributed by atoms with Gasteiger partial charge < -0.3 is 14.4 Å². The van der Waals surface area contributed by atoms with Crippen LogP contribution >= 0.6 is 0 Å². The Balaban J connectivity index is 1.53. The van der Waals surface area contributed by atoms with Gasteiger partial charge >= 0.3 is 6.09 Å². The number of benzene rings is 2. The Bertz CT molecular complexity index is 838. The largest absolute Gasteiger partial charge is 0.497 e. The molecule has 28 heavy (non-hydrogen) atoms. The van der Waals surface area contributed by atoms with Gasteiger partial charge in [0.2, 0.25) is 0 Å². The lowest BCUT2D eigenvalue weighted by molar-refractivity contribution is 0.129. The molecular weight excluding hydrogens is 352 g/mol. The molecule has 0 radical (unpaired) electrons. The van der Waals surface area contributed by atoms with Crippen molar-refractivity contribution in [2.75, 3.05) is 40.4 Å². The number of methoxy groups -OCH3 is 2. The number of amides is 1. The van der Waals surface area contributed by atoms with Gasteiger partial charge in [0.1, 0.15) is 5.75 Å². The Kier molecular flexibility index (Phi) is 5.53. The van der Waals surface area contributed by atoms with E-state index in [0.717, 1.165) is 38.3 Å². The molecule has 2 aliphatic heterocycles. The number of likely N-dealkylation sites (tertiary alicyclic amines) is 1. The minimum Gasteiger partial charge on any atom is -0.497 e. The molecule has 0 bridgehead atoms. The van der Waals surface area contributed by atoms with Gasteiger partial charge in [0.05, 0.1) is 14.2 Å². The van der Waals surface area contributed by atoms with Crippen molar-refractivity contribution in [3.8, 4) is 5.75 Å². The van der Waals surface area contributed by atoms with Crippen molar-refractivity contribution in [2.45, 2.75) is 18.9 Å². The first-order chi connectivity index (χ1) is 13.7. The van der Waals surface area contributed by atoms with Crippen LogP contribution in [0.2, 0.25) is 0 Å². The normalized spacial score (nSPS) is 22.0. The minimum absolute atomic E-state index is 0.237. The van der Waals surface area contributed by atoms with Crippen molar-refractivity contribution in [3.05, 3.63) is 65.2 Å². The van der Waals surface area contributed by atoms with Crippen molar-refractivity contribution in [1.29, 1.82) is 0 Å². The molecular formula is C23H28N2O3. The maximum absolute atomic E-state index is 12.2. The second-order valence-corrected chi connectivity index (χ2v) is 7.77. The second kappa shape index (κ2) is 8.23. The summed E-state index contributed by atoms with van der Waals surface area (Å²) in [6.07, 6.45) is 0.854. The average molecular weight is 380 g/mol. The molecule has 0 aromatic heterocycles. The number of hydrogen-bond acceptors (Lipinski definition) is 4. The van der Waals surface area contributed by atoms with Gasteiger partial charge in [0.15, 0.2) is 0 Å². The molecule has 1 saturated heterocycles. The predicted octanol–water partition coefficient (Wildman–Crippen LogP) is 3.54. The topological polar surface area (TPSA) is 42.0 Å². The van der Waals surface area contributed by atoms with Crippen LogP contribution in [-0.4, -0.2) is 56.3 Å². The summed E-state index contributed by atoms with van der Waals surface area (Å²) in [4.78, 5) is 16.5. The number of nitrogens with zero attached hydrogens (tertiary/aromatic N) is 2. The Hall–Kier alpha value is -2.53. The van der Waals surface area contributed by atoms with Crippen LogP contribution in [0.15, 0.2) is 48.5 Å². The van der Waals surface area contributed by atoms with E-state index in [0.29, 0.717) is 12.5 Å². The van der Waals surface area contributed by atoms with E-state index < -0.39 is 0 Å². The summed E-state index contributed by atoms with van der Waals surface area (Å²) < 4.78 is 10.4. The summed E-state index contributed by atoms with van der Waals surface area (Å²) in [5.41, 5.74) is 4.12. The highest BCUT2D eigenvalue weighted by Crippen LogP contribution is 2.35. The first-order valence-corrected chi connectivity index (χ1v) is 9.94. The van der Waals surface area contributed by atoms with Crippen molar-refractivity contribution in [3.63, 3.8) is 0 Å². The van der Waals surface area contributed by atoms with E-state index in [1.807, 2.05) is 17.0 Å². The third-order valence-corrected chi connectivity index (χ3v) is 6.10. The fourth-order valence-corrected chi connectivity index (χ4v) is 4.63. The molecule has 2 aromatic carbocycles. The fraction of sp³-hybridized carbons (Fsp3) is 0.435. The van der Waals surface area contributed by atoms with Crippen molar-refractivity contribution in [1.82, 2.24) is 9.80 Å². The molecule has 2 heterocycles. The summed E-state index contributed by atoms with van der Waals surface area (Å²) in [5.74, 6) is 1.52. The van der Waals surface area contributed by atoms with Gasteiger partial charge in [-0.05, 0) is 41.2 Å². The minimum atomic E-state index is -0.237. The SMILES string of the molecule is COC(=O)N1CC(CN2CCc3ccccc3C2)C(c2cccc(OC)c2)C1. The smallest absolute Gasteiger partial charge is 0.409 e. The number of ether oxygens (including phenoxy) is 2. The summed E-state index contributed by atoms with van der Waals surface area (Å²) in [6, 6.07) is 17.0. The van der Waals surface area contributed by atoms with Crippen LogP contribution in [0, 0.1) is 5.92 Å². The molecule has 5 heteroatoms. The van der Waals surface area contributed by atoms with Crippen LogP contribution in [0.4, 0.5) is 4.79 Å². The van der Waals surface area contributed by atoms with Crippen LogP contribution in [0.5, 0.6) is 5.75 Å². The first-order valence-electron chi connectivity index (χ1n) is 9.94. The molecule has 1 amide bonds. The Morgan fingerprint density at radius 3 is 2.68 bits per heavy atom. The third-order valence-electron chi connectivity index (χ3n) is 6.10. The van der Waals surface area contributed by atoms with Gasteiger partial charge in [-0.2, -0.15) is 0 Å². The van der Waals surface area contributed by atoms with Crippen molar-refractivity contribution >= 4 is 6.09 Å². The van der Waals surface area contributed by atoms with Crippen LogP contribution in [0.3, 0.4) is 0 Å². The molecule has 0 aliphatic carbocycles. The standard InChI is InChI=1S/C23H28N2O3/c1-27-21-9-5-8-18(12-21)22-16-25(23(26)28-2)15-20(22)14-24-11-10-17-6-3-4-7-19(17)13-24/h3-9,12,20,22H,10-11,13-16H2,1-2H3. The summed E-state index contributed by atoms with van der Waals surface area (Å²) in [6.45, 7) is 4.44. The zero-order chi connectivity index (χ0) is 19.5. The van der Waals surface area contributed by atoms with Gasteiger partial charge in [-0.1, -0.05) is 36.4 Å². The number of carbonyl (C=O) groups excluding carboxylic acids is 1. The summed E-state index contributed by atoms with van der Waals surface area (Å²) in [7, 11) is 3.15. The van der Waals surface area contributed by atoms with E-state index >= 15 is 0 Å². The van der Waals surface area contributed by atoms with E-state index in [1.165, 1.54) is 23.8 Å². The van der Waals surface area contributed by atoms with Crippen LogP contribution in [0.1, 0.15) is 22.6 Å². The molecule has 2 aromatic rings. The van der Waals surface area contributed by atoms with Crippen LogP contribution < -0.4 is 4.74 Å². The zero-order valence-corrected chi connectivity index (χ0v) is 16.6. The van der Waals surface area contributed by atoms with E-state index in [2.05, 4.69) is 41.3 Å². The number of hydrogen-bond donors (Lipinski definition) is 0. The Labute approximate surface area is 166 Å². The number of carbonyl (C=O) groups is 1. The third kappa shape index (κ3) is 3.85. The Morgan fingerprint density at radius 2 is 1.89 bits per heavy atom. The maximum Gasteiger partial charge on any atom is 0.409 e. The molecule has 2 aliphatic rings. The number of rotatable bonds is 4. The molecule has 0 saturated carbocycles. The van der Waals surface area contributed by atoms with E-state index in [9.17, 15) is 4.79 Å². The number of fused-ring (bicyclic) bond motifs is 1. The van der Waals surface area contributed by atoms with E-state index in [1.54, 1.807) is 7.11 Å². The first kappa shape index (κ1) is 18.8. The van der Waals surface area contributed by atoms with Crippen LogP contribution in [-0.2, 0) is 17.7 Å². The monoisotopic (exact) mass is 380 g/mol. The summed E-state index contributed by atoms with van der Waals surface area (Å²) in [5, 5.41) is 0. The predicted molar refractivity (Wildman–Crippen MR) is 109 cm³/mol. The van der Waals surface area contributed by atoms with Gasteiger partial charge in [0.25, 0.3) is 0 Å². The Morgan fingerprint density at radius 1 is 1.07 bits per heavy atom. The summed E-state index contributed by atoms with van der Waals surface area (Å²) >= 11 is 0. The average Bonchev–Trinajstić information content (AvgIpc) is 3.17. The molecule has 4 rings (SSSR count). The molecule has 5 nitrogen and oxygen atoms in total. The van der Waals surface area contributed by atoms with Gasteiger partial charge in [-0.25, -0.2) is 4.79 Å². The van der Waals surface area contributed by atoms with Gasteiger partial charge in [-0.15, -0.1) is 0 Å². The van der Waals surface area contributed by atoms with Crippen molar-refractivity contribution < 1.29 is 14.3 Å². The lowest BCUT2D eigenvalue weighted by Crippen LogP contribution is -2.37. The molecule has 2 unspecified atom stereocenters. The molecule has 1 fully saturated rings. The van der Waals surface area contributed by atoms with E-state index in [4.69, 9.17) is 9.47 Å². The highest BCUT2D eigenvalue weighted by Gasteiger charge is 2.38. The van der Waals surface area contributed by atoms with Gasteiger partial charge in [-0.3, -0.25) is 4.90 Å². The molecule has 0 spiro atoms. The molecule has 0 N–H and O–H groups in total. The lowest BCUT2D eigenvalue weighted by Gasteiger charge is -2.32. The van der Waals surface area contributed by atoms with Gasteiger partial charge in [0, 0.05) is 38.6 Å². The molecule has 148 valence electrons. The fourth-order valence-electron chi connectivity index (χ4n) is 4.63. The van der Waals surface area contributed by atoms with E-state index in [-0.39, 0.29) is 12.0 Å². The molecule has 2 atom stereocenters. The van der Waals surface area contributed by atoms with Crippen LogP contribution in [0.25, 0.3) is 0 Å². The second-order valence-electron chi connectivity index (χ2n) is 7.77. The lowest BCUT2D eigenvalue weighted by atomic mass is 9.87. The van der Waals surface area contributed by atoms with Crippen molar-refractivity contribution in [2.24, 2.45) is 5.92 Å².